The van der Waals surface area contributed by atoms with Gasteiger partial charge in [-0.1, -0.05) is 29.8 Å². The highest BCUT2D eigenvalue weighted by molar-refractivity contribution is 6.30. The van der Waals surface area contributed by atoms with Crippen LogP contribution in [0.5, 0.6) is 0 Å². The number of nitrogens with one attached hydrogen (secondary N) is 2. The monoisotopic (exact) mass is 436 g/mol. The van der Waals surface area contributed by atoms with Crippen molar-refractivity contribution >= 4 is 40.5 Å². The first-order chi connectivity index (χ1) is 14.8. The number of nitro groups is 1. The average Bonchev–Trinajstić information content (AvgIpc) is 2.78. The molecule has 0 bridgehead atoms. The van der Waals surface area contributed by atoms with Gasteiger partial charge in [0.1, 0.15) is 0 Å². The zero-order chi connectivity index (χ0) is 22.4. The third-order valence-corrected chi connectivity index (χ3v) is 4.56. The van der Waals surface area contributed by atoms with Gasteiger partial charge in [0.15, 0.2) is 0 Å². The van der Waals surface area contributed by atoms with Crippen LogP contribution in [-0.4, -0.2) is 22.4 Å². The van der Waals surface area contributed by atoms with Gasteiger partial charge in [0.05, 0.1) is 10.6 Å². The van der Waals surface area contributed by atoms with Crippen LogP contribution in [-0.2, 0) is 0 Å². The molecular formula is C22H17ClN4O4. The standard InChI is InChI=1S/C22H17ClN4O4/c1-14(25-26-22(29)17-3-2-4-20(13-17)27(30)31)15-7-11-19(12-8-15)24-21(28)16-5-9-18(23)10-6-16/h2-13H,1H3,(H,24,28)(H,26,29). The van der Waals surface area contributed by atoms with Crippen LogP contribution in [0, 0.1) is 10.1 Å². The van der Waals surface area contributed by atoms with Gasteiger partial charge in [0.2, 0.25) is 0 Å². The minimum atomic E-state index is -0.571. The predicted molar refractivity (Wildman–Crippen MR) is 119 cm³/mol. The Kier molecular flexibility index (Phi) is 6.74. The number of nitro benzene ring substituents is 1. The van der Waals surface area contributed by atoms with E-state index >= 15 is 0 Å². The maximum Gasteiger partial charge on any atom is 0.271 e. The highest BCUT2D eigenvalue weighted by Crippen LogP contribution is 2.15. The van der Waals surface area contributed by atoms with Crippen LogP contribution in [0.2, 0.25) is 5.02 Å². The molecule has 0 unspecified atom stereocenters. The lowest BCUT2D eigenvalue weighted by molar-refractivity contribution is -0.384. The molecule has 2 N–H and O–H groups in total. The summed E-state index contributed by atoms with van der Waals surface area (Å²) in [7, 11) is 0. The van der Waals surface area contributed by atoms with Crippen LogP contribution in [0.4, 0.5) is 11.4 Å². The van der Waals surface area contributed by atoms with Crippen molar-refractivity contribution in [1.29, 1.82) is 0 Å². The smallest absolute Gasteiger partial charge is 0.271 e. The van der Waals surface area contributed by atoms with Crippen molar-refractivity contribution in [1.82, 2.24) is 5.43 Å². The van der Waals surface area contributed by atoms with E-state index in [-0.39, 0.29) is 17.2 Å². The molecule has 2 amide bonds. The summed E-state index contributed by atoms with van der Waals surface area (Å²) < 4.78 is 0. The van der Waals surface area contributed by atoms with Crippen molar-refractivity contribution in [3.05, 3.63) is 105 Å². The Morgan fingerprint density at radius 3 is 2.19 bits per heavy atom. The second kappa shape index (κ2) is 9.64. The molecule has 8 nitrogen and oxygen atoms in total. The third kappa shape index (κ3) is 5.74. The molecule has 31 heavy (non-hydrogen) atoms. The van der Waals surface area contributed by atoms with Crippen molar-refractivity contribution < 1.29 is 14.5 Å². The Labute approximate surface area is 182 Å². The van der Waals surface area contributed by atoms with Gasteiger partial charge >= 0.3 is 0 Å². The lowest BCUT2D eigenvalue weighted by Crippen LogP contribution is -2.19. The summed E-state index contributed by atoms with van der Waals surface area (Å²) in [5, 5.41) is 18.2. The topological polar surface area (TPSA) is 114 Å². The lowest BCUT2D eigenvalue weighted by atomic mass is 10.1. The van der Waals surface area contributed by atoms with Crippen LogP contribution in [0.1, 0.15) is 33.2 Å². The van der Waals surface area contributed by atoms with Crippen LogP contribution in [0.15, 0.2) is 77.9 Å². The molecule has 0 aliphatic rings. The summed E-state index contributed by atoms with van der Waals surface area (Å²) in [6, 6.07) is 18.8. The molecule has 0 aliphatic heterocycles. The van der Waals surface area contributed by atoms with Crippen molar-refractivity contribution in [2.75, 3.05) is 5.32 Å². The molecule has 0 aliphatic carbocycles. The van der Waals surface area contributed by atoms with E-state index in [1.165, 1.54) is 24.3 Å². The molecule has 3 aromatic carbocycles. The van der Waals surface area contributed by atoms with E-state index in [4.69, 9.17) is 11.6 Å². The van der Waals surface area contributed by atoms with Gasteiger partial charge in [-0.3, -0.25) is 19.7 Å². The highest BCUT2D eigenvalue weighted by atomic mass is 35.5. The van der Waals surface area contributed by atoms with E-state index in [0.29, 0.717) is 22.0 Å². The molecule has 156 valence electrons. The van der Waals surface area contributed by atoms with E-state index in [1.54, 1.807) is 55.5 Å². The number of nitrogens with zero attached hydrogens (tertiary/aromatic N) is 2. The number of carbonyl (C=O) groups is 2. The molecule has 0 atom stereocenters. The fourth-order valence-electron chi connectivity index (χ4n) is 2.62. The zero-order valence-electron chi connectivity index (χ0n) is 16.3. The van der Waals surface area contributed by atoms with E-state index in [2.05, 4.69) is 15.8 Å². The number of hydrogen-bond acceptors (Lipinski definition) is 5. The SMILES string of the molecule is CC(=NNC(=O)c1cccc([N+](=O)[O-])c1)c1ccc(NC(=O)c2ccc(Cl)cc2)cc1. The van der Waals surface area contributed by atoms with Gasteiger partial charge < -0.3 is 5.32 Å². The predicted octanol–water partition coefficient (Wildman–Crippen LogP) is 4.65. The molecule has 0 aromatic heterocycles. The third-order valence-electron chi connectivity index (χ3n) is 4.31. The Morgan fingerprint density at radius 1 is 0.903 bits per heavy atom. The minimum Gasteiger partial charge on any atom is -0.322 e. The number of carbonyl (C=O) groups excluding carboxylic acids is 2. The zero-order valence-corrected chi connectivity index (χ0v) is 17.1. The molecule has 0 spiro atoms. The molecule has 0 saturated heterocycles. The minimum absolute atomic E-state index is 0.131. The number of amides is 2. The maximum atomic E-state index is 12.3. The van der Waals surface area contributed by atoms with Gasteiger partial charge in [-0.25, -0.2) is 5.43 Å². The van der Waals surface area contributed by atoms with Gasteiger partial charge in [0.25, 0.3) is 17.5 Å². The highest BCUT2D eigenvalue weighted by Gasteiger charge is 2.11. The van der Waals surface area contributed by atoms with Crippen molar-refractivity contribution in [3.8, 4) is 0 Å². The maximum absolute atomic E-state index is 12.3. The molecule has 9 heteroatoms. The van der Waals surface area contributed by atoms with E-state index in [0.717, 1.165) is 5.56 Å². The molecule has 0 heterocycles. The number of rotatable bonds is 6. The Hall–Kier alpha value is -4.04. The Bertz CT molecular complexity index is 1160. The Morgan fingerprint density at radius 2 is 1.55 bits per heavy atom. The van der Waals surface area contributed by atoms with Gasteiger partial charge in [-0.2, -0.15) is 5.10 Å². The average molecular weight is 437 g/mol. The fraction of sp³-hybridized carbons (Fsp3) is 0.0455. The summed E-state index contributed by atoms with van der Waals surface area (Å²) >= 11 is 5.83. The summed E-state index contributed by atoms with van der Waals surface area (Å²) in [5.41, 5.74) is 4.66. The fourth-order valence-corrected chi connectivity index (χ4v) is 2.75. The van der Waals surface area contributed by atoms with Crippen LogP contribution in [0.25, 0.3) is 0 Å². The second-order valence-electron chi connectivity index (χ2n) is 6.48. The van der Waals surface area contributed by atoms with Gasteiger partial charge in [-0.05, 0) is 55.0 Å². The number of halogens is 1. The van der Waals surface area contributed by atoms with Crippen LogP contribution < -0.4 is 10.7 Å². The molecule has 3 aromatic rings. The van der Waals surface area contributed by atoms with E-state index < -0.39 is 10.8 Å². The first kappa shape index (κ1) is 21.7. The lowest BCUT2D eigenvalue weighted by Gasteiger charge is -2.07. The normalized spacial score (nSPS) is 11.0. The van der Waals surface area contributed by atoms with Crippen molar-refractivity contribution in [2.24, 2.45) is 5.10 Å². The quantitative estimate of drug-likeness (QED) is 0.332. The van der Waals surface area contributed by atoms with E-state index in [9.17, 15) is 19.7 Å². The number of non-ortho nitro benzene ring substituents is 1. The van der Waals surface area contributed by atoms with Gasteiger partial charge in [-0.15, -0.1) is 0 Å². The van der Waals surface area contributed by atoms with E-state index in [1.807, 2.05) is 0 Å². The van der Waals surface area contributed by atoms with Crippen LogP contribution >= 0.6 is 11.6 Å². The summed E-state index contributed by atoms with van der Waals surface area (Å²) in [6.45, 7) is 1.70. The molecule has 0 saturated carbocycles. The van der Waals surface area contributed by atoms with Gasteiger partial charge in [0, 0.05) is 34.0 Å². The Balaban J connectivity index is 1.63. The number of anilines is 1. The first-order valence-electron chi connectivity index (χ1n) is 9.10. The number of hydrogen-bond donors (Lipinski definition) is 2. The summed E-state index contributed by atoms with van der Waals surface area (Å²) in [4.78, 5) is 34.7. The van der Waals surface area contributed by atoms with Crippen molar-refractivity contribution in [2.45, 2.75) is 6.92 Å². The van der Waals surface area contributed by atoms with Crippen molar-refractivity contribution in [3.63, 3.8) is 0 Å². The molecular weight excluding hydrogens is 420 g/mol. The largest absolute Gasteiger partial charge is 0.322 e. The first-order valence-corrected chi connectivity index (χ1v) is 9.48. The summed E-state index contributed by atoms with van der Waals surface area (Å²) in [6.07, 6.45) is 0. The molecule has 0 radical (unpaired) electrons. The molecule has 3 rings (SSSR count). The second-order valence-corrected chi connectivity index (χ2v) is 6.92. The number of benzene rings is 3. The van der Waals surface area contributed by atoms with Crippen LogP contribution in [0.3, 0.4) is 0 Å². The summed E-state index contributed by atoms with van der Waals surface area (Å²) in [5.74, 6) is -0.825. The molecule has 0 fully saturated rings. The number of hydrazone groups is 1.